The third-order valence-corrected chi connectivity index (χ3v) is 4.62. The molecule has 0 radical (unpaired) electrons. The second kappa shape index (κ2) is 6.42. The van der Waals surface area contributed by atoms with E-state index in [0.29, 0.717) is 0 Å². The van der Waals surface area contributed by atoms with Gasteiger partial charge in [-0.2, -0.15) is 11.3 Å². The number of benzene rings is 1. The van der Waals surface area contributed by atoms with Gasteiger partial charge >= 0.3 is 0 Å². The van der Waals surface area contributed by atoms with Crippen LogP contribution in [0.15, 0.2) is 41.1 Å². The number of hydrogen-bond acceptors (Lipinski definition) is 3. The van der Waals surface area contributed by atoms with Gasteiger partial charge < -0.3 is 5.73 Å². The van der Waals surface area contributed by atoms with Gasteiger partial charge in [-0.3, -0.25) is 4.90 Å². The van der Waals surface area contributed by atoms with Crippen molar-refractivity contribution >= 4 is 17.0 Å². The number of nitrogens with zero attached hydrogens (tertiary/aromatic N) is 1. The lowest BCUT2D eigenvalue weighted by atomic mass is 10.1. The summed E-state index contributed by atoms with van der Waals surface area (Å²) in [4.78, 5) is 2.65. The van der Waals surface area contributed by atoms with E-state index in [9.17, 15) is 0 Å². The minimum atomic E-state index is 0.829. The van der Waals surface area contributed by atoms with Crippen molar-refractivity contribution < 1.29 is 0 Å². The molecule has 1 aliphatic carbocycles. The van der Waals surface area contributed by atoms with Crippen molar-refractivity contribution in [2.75, 3.05) is 12.3 Å². The molecule has 106 valence electrons. The topological polar surface area (TPSA) is 29.3 Å². The zero-order valence-corrected chi connectivity index (χ0v) is 12.6. The lowest BCUT2D eigenvalue weighted by Crippen LogP contribution is -2.26. The molecule has 1 aromatic heterocycles. The van der Waals surface area contributed by atoms with Crippen molar-refractivity contribution in [1.82, 2.24) is 4.90 Å². The third-order valence-electron chi connectivity index (χ3n) is 3.89. The van der Waals surface area contributed by atoms with Crippen LogP contribution in [-0.4, -0.2) is 17.5 Å². The third kappa shape index (κ3) is 3.84. The van der Waals surface area contributed by atoms with E-state index < -0.39 is 0 Å². The molecular formula is C17H22N2S. The molecule has 0 saturated heterocycles. The molecule has 0 bridgehead atoms. The standard InChI is InChI=1S/C17H22N2S/c18-16-5-1-3-14(11-16)4-2-9-19(17-6-7-17)12-15-8-10-20-13-15/h1,3,5,8,10-11,13,17H,2,4,6-7,9,12,18H2. The Balaban J connectivity index is 1.50. The zero-order valence-electron chi connectivity index (χ0n) is 11.8. The van der Waals surface area contributed by atoms with Gasteiger partial charge in [0, 0.05) is 18.3 Å². The number of nitrogens with two attached hydrogens (primary N) is 1. The van der Waals surface area contributed by atoms with E-state index in [0.717, 1.165) is 24.7 Å². The fourth-order valence-electron chi connectivity index (χ4n) is 2.68. The van der Waals surface area contributed by atoms with Crippen LogP contribution in [0.25, 0.3) is 0 Å². The molecule has 1 aliphatic rings. The summed E-state index contributed by atoms with van der Waals surface area (Å²) < 4.78 is 0. The molecule has 0 spiro atoms. The van der Waals surface area contributed by atoms with Crippen molar-refractivity contribution in [1.29, 1.82) is 0 Å². The van der Waals surface area contributed by atoms with Gasteiger partial charge in [0.25, 0.3) is 0 Å². The first kappa shape index (κ1) is 13.7. The quantitative estimate of drug-likeness (QED) is 0.781. The van der Waals surface area contributed by atoms with E-state index >= 15 is 0 Å². The molecule has 3 rings (SSSR count). The summed E-state index contributed by atoms with van der Waals surface area (Å²) in [7, 11) is 0. The molecule has 20 heavy (non-hydrogen) atoms. The monoisotopic (exact) mass is 286 g/mol. The van der Waals surface area contributed by atoms with Gasteiger partial charge in [-0.1, -0.05) is 12.1 Å². The zero-order chi connectivity index (χ0) is 13.8. The average Bonchev–Trinajstić information content (AvgIpc) is 3.16. The van der Waals surface area contributed by atoms with Crippen LogP contribution in [0.4, 0.5) is 5.69 Å². The highest BCUT2D eigenvalue weighted by molar-refractivity contribution is 7.07. The minimum Gasteiger partial charge on any atom is -0.399 e. The molecule has 3 heteroatoms. The van der Waals surface area contributed by atoms with Crippen molar-refractivity contribution in [2.24, 2.45) is 0 Å². The van der Waals surface area contributed by atoms with Gasteiger partial charge in [-0.05, 0) is 72.3 Å². The molecule has 0 atom stereocenters. The highest BCUT2D eigenvalue weighted by Crippen LogP contribution is 2.29. The maximum absolute atomic E-state index is 5.83. The first-order valence-electron chi connectivity index (χ1n) is 7.41. The van der Waals surface area contributed by atoms with E-state index in [1.165, 1.54) is 36.9 Å². The lowest BCUT2D eigenvalue weighted by molar-refractivity contribution is 0.252. The molecule has 1 saturated carbocycles. The van der Waals surface area contributed by atoms with Crippen molar-refractivity contribution in [2.45, 2.75) is 38.3 Å². The van der Waals surface area contributed by atoms with Gasteiger partial charge in [0.2, 0.25) is 0 Å². The van der Waals surface area contributed by atoms with Crippen molar-refractivity contribution in [3.05, 3.63) is 52.2 Å². The molecule has 0 unspecified atom stereocenters. The first-order chi connectivity index (χ1) is 9.81. The fraction of sp³-hybridized carbons (Fsp3) is 0.412. The summed E-state index contributed by atoms with van der Waals surface area (Å²) in [6.45, 7) is 2.31. The van der Waals surface area contributed by atoms with E-state index in [1.807, 2.05) is 6.07 Å². The first-order valence-corrected chi connectivity index (χ1v) is 8.35. The number of aryl methyl sites for hydroxylation is 1. The predicted molar refractivity (Wildman–Crippen MR) is 86.9 cm³/mol. The Hall–Kier alpha value is -1.32. The number of thiophene rings is 1. The van der Waals surface area contributed by atoms with Crippen LogP contribution in [-0.2, 0) is 13.0 Å². The van der Waals surface area contributed by atoms with Gasteiger partial charge in [0.05, 0.1) is 0 Å². The van der Waals surface area contributed by atoms with Gasteiger partial charge in [0.1, 0.15) is 0 Å². The molecule has 1 aromatic carbocycles. The molecule has 2 nitrogen and oxygen atoms in total. The van der Waals surface area contributed by atoms with Crippen LogP contribution in [0.2, 0.25) is 0 Å². The summed E-state index contributed by atoms with van der Waals surface area (Å²) in [5.41, 5.74) is 9.53. The van der Waals surface area contributed by atoms with E-state index in [4.69, 9.17) is 5.73 Å². The van der Waals surface area contributed by atoms with Gasteiger partial charge in [-0.15, -0.1) is 0 Å². The Morgan fingerprint density at radius 1 is 1.20 bits per heavy atom. The second-order valence-corrected chi connectivity index (χ2v) is 6.46. The van der Waals surface area contributed by atoms with Crippen LogP contribution in [0.3, 0.4) is 0 Å². The average molecular weight is 286 g/mol. The predicted octanol–water partition coefficient (Wildman–Crippen LogP) is 3.93. The molecule has 2 N–H and O–H groups in total. The second-order valence-electron chi connectivity index (χ2n) is 5.68. The SMILES string of the molecule is Nc1cccc(CCCN(Cc2ccsc2)C2CC2)c1. The van der Waals surface area contributed by atoms with E-state index in [1.54, 1.807) is 11.3 Å². The Morgan fingerprint density at radius 2 is 2.10 bits per heavy atom. The molecule has 0 aliphatic heterocycles. The Labute approximate surface area is 125 Å². The summed E-state index contributed by atoms with van der Waals surface area (Å²) in [6, 6.07) is 11.4. The summed E-state index contributed by atoms with van der Waals surface area (Å²) >= 11 is 1.80. The molecule has 0 amide bonds. The largest absolute Gasteiger partial charge is 0.399 e. The van der Waals surface area contributed by atoms with Crippen molar-refractivity contribution in [3.63, 3.8) is 0 Å². The summed E-state index contributed by atoms with van der Waals surface area (Å²) in [6.07, 6.45) is 5.09. The van der Waals surface area contributed by atoms with Crippen molar-refractivity contribution in [3.8, 4) is 0 Å². The maximum atomic E-state index is 5.83. The van der Waals surface area contributed by atoms with Crippen LogP contribution < -0.4 is 5.73 Å². The van der Waals surface area contributed by atoms with Crippen LogP contribution in [0.5, 0.6) is 0 Å². The smallest absolute Gasteiger partial charge is 0.0316 e. The normalized spacial score (nSPS) is 14.8. The Morgan fingerprint density at radius 3 is 2.80 bits per heavy atom. The molecule has 1 fully saturated rings. The van der Waals surface area contributed by atoms with Crippen LogP contribution in [0.1, 0.15) is 30.4 Å². The van der Waals surface area contributed by atoms with Crippen LogP contribution in [0, 0.1) is 0 Å². The minimum absolute atomic E-state index is 0.829. The van der Waals surface area contributed by atoms with E-state index in [2.05, 4.69) is 39.9 Å². The van der Waals surface area contributed by atoms with Crippen LogP contribution >= 0.6 is 11.3 Å². The number of anilines is 1. The Kier molecular flexibility index (Phi) is 4.38. The Bertz CT molecular complexity index is 532. The number of nitrogen functional groups attached to an aromatic ring is 1. The maximum Gasteiger partial charge on any atom is 0.0316 e. The summed E-state index contributed by atoms with van der Waals surface area (Å²) in [5, 5.41) is 4.44. The molecule has 2 aromatic rings. The highest BCUT2D eigenvalue weighted by atomic mass is 32.1. The van der Waals surface area contributed by atoms with Gasteiger partial charge in [0.15, 0.2) is 0 Å². The lowest BCUT2D eigenvalue weighted by Gasteiger charge is -2.21. The van der Waals surface area contributed by atoms with Gasteiger partial charge in [-0.25, -0.2) is 0 Å². The number of rotatable bonds is 7. The number of hydrogen-bond donors (Lipinski definition) is 1. The van der Waals surface area contributed by atoms with E-state index in [-0.39, 0.29) is 0 Å². The summed E-state index contributed by atoms with van der Waals surface area (Å²) in [5.74, 6) is 0. The molecule has 1 heterocycles. The fourth-order valence-corrected chi connectivity index (χ4v) is 3.34. The highest BCUT2D eigenvalue weighted by Gasteiger charge is 2.28. The molecular weight excluding hydrogens is 264 g/mol.